The second-order valence-electron chi connectivity index (χ2n) is 7.93. The van der Waals surface area contributed by atoms with Gasteiger partial charge in [-0.15, -0.1) is 0 Å². The van der Waals surface area contributed by atoms with Gasteiger partial charge in [0.25, 0.3) is 0 Å². The Labute approximate surface area is 204 Å². The fraction of sp³-hybridized carbons (Fsp3) is 0.185. The predicted octanol–water partition coefficient (Wildman–Crippen LogP) is 5.46. The minimum atomic E-state index is -0.129. The van der Waals surface area contributed by atoms with Crippen LogP contribution in [-0.2, 0) is 0 Å². The summed E-state index contributed by atoms with van der Waals surface area (Å²) in [7, 11) is 1.67. The van der Waals surface area contributed by atoms with Gasteiger partial charge in [-0.2, -0.15) is 0 Å². The number of methoxy groups -OCH3 is 1. The number of pyridine rings is 1. The van der Waals surface area contributed by atoms with E-state index in [-0.39, 0.29) is 12.1 Å². The molecule has 5 rings (SSSR count). The number of nitrogens with zero attached hydrogens (tertiary/aromatic N) is 3. The molecule has 2 atom stereocenters. The van der Waals surface area contributed by atoms with Crippen LogP contribution in [0.15, 0.2) is 91.3 Å². The van der Waals surface area contributed by atoms with Gasteiger partial charge in [-0.3, -0.25) is 4.98 Å². The van der Waals surface area contributed by atoms with E-state index >= 15 is 0 Å². The summed E-state index contributed by atoms with van der Waals surface area (Å²) in [6.07, 6.45) is 3.89. The molecule has 6 nitrogen and oxygen atoms in total. The first-order chi connectivity index (χ1) is 16.7. The highest BCUT2D eigenvalue weighted by atomic mass is 32.1. The third-order valence-corrected chi connectivity index (χ3v) is 6.25. The molecular formula is C27H26N4O2S. The molecule has 2 unspecified atom stereocenters. The van der Waals surface area contributed by atoms with E-state index in [4.69, 9.17) is 21.7 Å². The van der Waals surface area contributed by atoms with E-state index in [1.807, 2.05) is 61.7 Å². The lowest BCUT2D eigenvalue weighted by molar-refractivity contribution is 0.340. The number of hydrogen-bond acceptors (Lipinski definition) is 4. The number of thiocarbonyl (C=S) groups is 1. The van der Waals surface area contributed by atoms with E-state index in [0.29, 0.717) is 11.7 Å². The topological polar surface area (TPSA) is 51.5 Å². The van der Waals surface area contributed by atoms with Crippen LogP contribution in [0.3, 0.4) is 0 Å². The fourth-order valence-corrected chi connectivity index (χ4v) is 4.78. The zero-order valence-electron chi connectivity index (χ0n) is 19.1. The summed E-state index contributed by atoms with van der Waals surface area (Å²) in [6, 6.07) is 26.0. The van der Waals surface area contributed by atoms with Gasteiger partial charge in [-0.25, -0.2) is 0 Å². The van der Waals surface area contributed by atoms with Gasteiger partial charge in [0.15, 0.2) is 5.11 Å². The third kappa shape index (κ3) is 4.10. The van der Waals surface area contributed by atoms with Crippen molar-refractivity contribution in [3.05, 3.63) is 103 Å². The number of benzene rings is 2. The van der Waals surface area contributed by atoms with Gasteiger partial charge < -0.3 is 24.3 Å². The molecule has 4 aromatic rings. The average molecular weight is 471 g/mol. The van der Waals surface area contributed by atoms with E-state index in [0.717, 1.165) is 34.3 Å². The highest BCUT2D eigenvalue weighted by Crippen LogP contribution is 2.42. The molecule has 172 valence electrons. The summed E-state index contributed by atoms with van der Waals surface area (Å²) in [6.45, 7) is 2.62. The molecule has 1 N–H and O–H groups in total. The quantitative estimate of drug-likeness (QED) is 0.362. The van der Waals surface area contributed by atoms with Crippen molar-refractivity contribution >= 4 is 23.0 Å². The van der Waals surface area contributed by atoms with Gasteiger partial charge in [0, 0.05) is 35.5 Å². The smallest absolute Gasteiger partial charge is 0.174 e. The van der Waals surface area contributed by atoms with Crippen molar-refractivity contribution in [2.45, 2.75) is 19.0 Å². The number of nitrogens with one attached hydrogen (secondary N) is 1. The number of ether oxygens (including phenoxy) is 2. The highest BCUT2D eigenvalue weighted by Gasteiger charge is 2.42. The molecule has 0 aliphatic carbocycles. The van der Waals surface area contributed by atoms with E-state index < -0.39 is 0 Å². The van der Waals surface area contributed by atoms with Gasteiger partial charge in [0.2, 0.25) is 0 Å². The van der Waals surface area contributed by atoms with Gasteiger partial charge in [0.05, 0.1) is 25.5 Å². The van der Waals surface area contributed by atoms with E-state index in [9.17, 15) is 0 Å². The predicted molar refractivity (Wildman–Crippen MR) is 138 cm³/mol. The minimum Gasteiger partial charge on any atom is -0.497 e. The largest absolute Gasteiger partial charge is 0.497 e. The van der Waals surface area contributed by atoms with Crippen LogP contribution in [0.1, 0.15) is 30.4 Å². The van der Waals surface area contributed by atoms with Crippen LogP contribution in [0, 0.1) is 0 Å². The summed E-state index contributed by atoms with van der Waals surface area (Å²) in [5, 5.41) is 4.17. The monoisotopic (exact) mass is 470 g/mol. The van der Waals surface area contributed by atoms with Crippen molar-refractivity contribution in [1.82, 2.24) is 14.9 Å². The fourth-order valence-electron chi connectivity index (χ4n) is 4.43. The van der Waals surface area contributed by atoms with Crippen molar-refractivity contribution in [3.63, 3.8) is 0 Å². The molecule has 7 heteroatoms. The molecule has 1 fully saturated rings. The van der Waals surface area contributed by atoms with Crippen molar-refractivity contribution < 1.29 is 9.47 Å². The minimum absolute atomic E-state index is 0.128. The van der Waals surface area contributed by atoms with Gasteiger partial charge in [-0.05, 0) is 79.8 Å². The van der Waals surface area contributed by atoms with Crippen molar-refractivity contribution in [2.75, 3.05) is 18.6 Å². The molecule has 0 amide bonds. The maximum atomic E-state index is 5.86. The molecule has 0 saturated carbocycles. The normalized spacial score (nSPS) is 17.5. The van der Waals surface area contributed by atoms with E-state index in [2.05, 4.69) is 56.3 Å². The van der Waals surface area contributed by atoms with Gasteiger partial charge >= 0.3 is 0 Å². The zero-order valence-corrected chi connectivity index (χ0v) is 19.9. The summed E-state index contributed by atoms with van der Waals surface area (Å²) in [5.74, 6) is 1.63. The Hall–Kier alpha value is -3.84. The third-order valence-electron chi connectivity index (χ3n) is 5.94. The Morgan fingerprint density at radius 1 is 0.941 bits per heavy atom. The standard InChI is InChI=1S/C27H26N4O2S/c1-3-33-21-14-12-19(13-15-21)30-17-7-11-24(30)26-25(23-10-4-5-16-28-23)29-27(34)31(26)20-8-6-9-22(18-20)32-2/h4-18,25-26H,3H2,1-2H3,(H,29,34). The van der Waals surface area contributed by atoms with Crippen molar-refractivity contribution in [2.24, 2.45) is 0 Å². The molecule has 0 radical (unpaired) electrons. The molecule has 1 aliphatic heterocycles. The number of rotatable bonds is 7. The van der Waals surface area contributed by atoms with Gasteiger partial charge in [-0.1, -0.05) is 12.1 Å². The Morgan fingerprint density at radius 2 is 1.79 bits per heavy atom. The SMILES string of the molecule is CCOc1ccc(-n2cccc2C2C(c3ccccn3)NC(=S)N2c2cccc(OC)c2)cc1. The zero-order chi connectivity index (χ0) is 23.5. The Kier molecular flexibility index (Phi) is 6.18. The summed E-state index contributed by atoms with van der Waals surface area (Å²) in [5.41, 5.74) is 4.03. The lowest BCUT2D eigenvalue weighted by Gasteiger charge is -2.29. The maximum Gasteiger partial charge on any atom is 0.174 e. The van der Waals surface area contributed by atoms with Crippen molar-refractivity contribution in [3.8, 4) is 17.2 Å². The molecule has 1 saturated heterocycles. The maximum absolute atomic E-state index is 5.86. The van der Waals surface area contributed by atoms with Crippen molar-refractivity contribution in [1.29, 1.82) is 0 Å². The Bertz CT molecular complexity index is 1270. The van der Waals surface area contributed by atoms with Crippen LogP contribution >= 0.6 is 12.2 Å². The Morgan fingerprint density at radius 3 is 2.53 bits per heavy atom. The van der Waals surface area contributed by atoms with Crippen LogP contribution in [0.25, 0.3) is 5.69 Å². The lowest BCUT2D eigenvalue weighted by Crippen LogP contribution is -2.30. The summed E-state index contributed by atoms with van der Waals surface area (Å²) >= 11 is 5.86. The lowest BCUT2D eigenvalue weighted by atomic mass is 10.0. The van der Waals surface area contributed by atoms with Crippen LogP contribution in [0.5, 0.6) is 11.5 Å². The first-order valence-corrected chi connectivity index (χ1v) is 11.7. The number of hydrogen-bond donors (Lipinski definition) is 1. The Balaban J connectivity index is 1.62. The first-order valence-electron chi connectivity index (χ1n) is 11.2. The molecule has 34 heavy (non-hydrogen) atoms. The molecule has 0 spiro atoms. The second-order valence-corrected chi connectivity index (χ2v) is 8.31. The van der Waals surface area contributed by atoms with Gasteiger partial charge in [0.1, 0.15) is 17.5 Å². The van der Waals surface area contributed by atoms with E-state index in [1.54, 1.807) is 7.11 Å². The summed E-state index contributed by atoms with van der Waals surface area (Å²) < 4.78 is 13.3. The molecular weight excluding hydrogens is 444 g/mol. The first kappa shape index (κ1) is 22.0. The molecule has 2 aromatic heterocycles. The molecule has 0 bridgehead atoms. The van der Waals surface area contributed by atoms with Crippen LogP contribution < -0.4 is 19.7 Å². The highest BCUT2D eigenvalue weighted by molar-refractivity contribution is 7.80. The summed E-state index contributed by atoms with van der Waals surface area (Å²) in [4.78, 5) is 6.80. The molecule has 2 aromatic carbocycles. The van der Waals surface area contributed by atoms with Crippen LogP contribution in [-0.4, -0.2) is 28.4 Å². The van der Waals surface area contributed by atoms with Crippen LogP contribution in [0.2, 0.25) is 0 Å². The average Bonchev–Trinajstić information content (AvgIpc) is 3.49. The number of anilines is 1. The molecule has 3 heterocycles. The molecule has 1 aliphatic rings. The van der Waals surface area contributed by atoms with Crippen LogP contribution in [0.4, 0.5) is 5.69 Å². The van der Waals surface area contributed by atoms with E-state index in [1.165, 1.54) is 0 Å². The number of aromatic nitrogens is 2. The second kappa shape index (κ2) is 9.57.